The number of pyridine rings is 1. The average Bonchev–Trinajstić information content (AvgIpc) is 3.50. The number of carbonyl (C=O) groups is 1. The highest BCUT2D eigenvalue weighted by atomic mass is 19.3. The van der Waals surface area contributed by atoms with Gasteiger partial charge in [-0.1, -0.05) is 0 Å². The summed E-state index contributed by atoms with van der Waals surface area (Å²) in [6.07, 6.45) is 11.6. The highest BCUT2D eigenvalue weighted by Crippen LogP contribution is 2.36. The van der Waals surface area contributed by atoms with E-state index in [1.807, 2.05) is 29.4 Å². The molecule has 4 aromatic heterocycles. The molecule has 2 aliphatic rings. The maximum absolute atomic E-state index is 13.7. The third kappa shape index (κ3) is 4.40. The Morgan fingerprint density at radius 3 is 2.89 bits per heavy atom. The Balaban J connectivity index is 1.23. The van der Waals surface area contributed by atoms with Crippen molar-refractivity contribution in [1.29, 1.82) is 0 Å². The summed E-state index contributed by atoms with van der Waals surface area (Å²) in [7, 11) is 0. The van der Waals surface area contributed by atoms with Crippen LogP contribution in [0.15, 0.2) is 36.9 Å². The van der Waals surface area contributed by atoms with Gasteiger partial charge in [0.1, 0.15) is 5.65 Å². The quantitative estimate of drug-likeness (QED) is 0.402. The van der Waals surface area contributed by atoms with Crippen molar-refractivity contribution in [2.75, 3.05) is 25.0 Å². The maximum atomic E-state index is 13.7. The second-order valence-electron chi connectivity index (χ2n) is 10.0. The van der Waals surface area contributed by atoms with E-state index in [1.54, 1.807) is 16.9 Å². The molecule has 1 aliphatic heterocycles. The maximum Gasteiger partial charge on any atom is 0.257 e. The van der Waals surface area contributed by atoms with E-state index in [4.69, 9.17) is 0 Å². The minimum Gasteiger partial charge on any atom is -0.354 e. The van der Waals surface area contributed by atoms with E-state index in [0.29, 0.717) is 30.1 Å². The van der Waals surface area contributed by atoms with Crippen LogP contribution in [0.2, 0.25) is 0 Å². The van der Waals surface area contributed by atoms with Crippen molar-refractivity contribution in [3.05, 3.63) is 42.5 Å². The first-order valence-electron chi connectivity index (χ1n) is 12.7. The largest absolute Gasteiger partial charge is 0.354 e. The van der Waals surface area contributed by atoms with Crippen molar-refractivity contribution in [3.63, 3.8) is 0 Å². The second kappa shape index (κ2) is 9.15. The summed E-state index contributed by atoms with van der Waals surface area (Å²) in [5, 5.41) is 8.36. The summed E-state index contributed by atoms with van der Waals surface area (Å²) in [6, 6.07) is 3.93. The molecule has 36 heavy (non-hydrogen) atoms. The lowest BCUT2D eigenvalue weighted by Crippen LogP contribution is -2.35. The minimum absolute atomic E-state index is 0.0177. The Hall–Kier alpha value is -3.56. The third-order valence-corrected chi connectivity index (χ3v) is 7.43. The fourth-order valence-corrected chi connectivity index (χ4v) is 5.50. The topological polar surface area (TPSA) is 91.2 Å². The number of aromatic nitrogens is 5. The van der Waals surface area contributed by atoms with Gasteiger partial charge >= 0.3 is 0 Å². The number of hydrogen-bond acceptors (Lipinski definition) is 5. The van der Waals surface area contributed by atoms with E-state index in [1.165, 1.54) is 6.42 Å². The molecular weight excluding hydrogens is 464 g/mol. The Labute approximate surface area is 207 Å². The van der Waals surface area contributed by atoms with Crippen LogP contribution in [0.1, 0.15) is 55.3 Å². The van der Waals surface area contributed by atoms with Gasteiger partial charge < -0.3 is 15.2 Å². The second-order valence-corrected chi connectivity index (χ2v) is 10.0. The van der Waals surface area contributed by atoms with Crippen molar-refractivity contribution in [1.82, 2.24) is 29.5 Å². The Kier molecular flexibility index (Phi) is 5.81. The number of nitrogens with zero attached hydrogens (tertiary/aromatic N) is 5. The van der Waals surface area contributed by atoms with E-state index in [9.17, 15) is 13.6 Å². The lowest BCUT2D eigenvalue weighted by atomic mass is 9.86. The Bertz CT molecular complexity index is 1410. The van der Waals surface area contributed by atoms with Crippen LogP contribution in [0.5, 0.6) is 0 Å². The summed E-state index contributed by atoms with van der Waals surface area (Å²) in [5.74, 6) is -2.21. The lowest BCUT2D eigenvalue weighted by Gasteiger charge is -2.28. The molecule has 8 nitrogen and oxygen atoms in total. The van der Waals surface area contributed by atoms with Gasteiger partial charge in [0.15, 0.2) is 0 Å². The molecule has 10 heteroatoms. The molecule has 1 saturated carbocycles. The molecule has 4 aromatic rings. The molecular formula is C26H29F2N7O. The van der Waals surface area contributed by atoms with Crippen LogP contribution in [0.4, 0.5) is 14.7 Å². The molecule has 1 saturated heterocycles. The van der Waals surface area contributed by atoms with E-state index in [2.05, 4.69) is 25.4 Å². The average molecular weight is 494 g/mol. The number of alkyl halides is 2. The molecule has 0 radical (unpaired) electrons. The summed E-state index contributed by atoms with van der Waals surface area (Å²) in [6.45, 7) is 2.00. The van der Waals surface area contributed by atoms with Crippen LogP contribution < -0.4 is 5.32 Å². The van der Waals surface area contributed by atoms with Crippen molar-refractivity contribution in [3.8, 4) is 11.1 Å². The summed E-state index contributed by atoms with van der Waals surface area (Å²) >= 11 is 0. The Morgan fingerprint density at radius 1 is 1.19 bits per heavy atom. The number of hydrogen-bond donors (Lipinski definition) is 2. The fraction of sp³-hybridized carbons (Fsp3) is 0.462. The first-order valence-corrected chi connectivity index (χ1v) is 12.7. The van der Waals surface area contributed by atoms with Crippen LogP contribution in [0.25, 0.3) is 27.7 Å². The number of anilines is 1. The first-order chi connectivity index (χ1) is 17.5. The predicted octanol–water partition coefficient (Wildman–Crippen LogP) is 5.14. The molecule has 1 unspecified atom stereocenters. The number of carbonyl (C=O) groups excluding carboxylic acids is 1. The standard InChI is InChI=1S/C26H29F2N7O/c27-26(28)7-4-5-17(12-26)13-30-25-31-15-20-19(14-29-23(20)33-25)18-6-10-35-22(11-18)21(16-32-35)24(36)34-8-2-1-3-9-34/h6,10-11,14-17H,1-5,7-9,12-13H2,(H2,29,30,31,33). The van der Waals surface area contributed by atoms with Gasteiger partial charge in [0.05, 0.1) is 17.3 Å². The lowest BCUT2D eigenvalue weighted by molar-refractivity contribution is -0.0502. The van der Waals surface area contributed by atoms with Crippen LogP contribution >= 0.6 is 0 Å². The number of aromatic amines is 1. The molecule has 5 heterocycles. The molecule has 0 aromatic carbocycles. The van der Waals surface area contributed by atoms with Crippen molar-refractivity contribution >= 4 is 28.4 Å². The van der Waals surface area contributed by atoms with Gasteiger partial charge in [-0.05, 0) is 55.7 Å². The fourth-order valence-electron chi connectivity index (χ4n) is 5.50. The molecule has 1 aliphatic carbocycles. The molecule has 2 N–H and O–H groups in total. The number of amides is 1. The van der Waals surface area contributed by atoms with Crippen LogP contribution in [0, 0.1) is 5.92 Å². The van der Waals surface area contributed by atoms with Crippen LogP contribution in [0.3, 0.4) is 0 Å². The van der Waals surface area contributed by atoms with E-state index >= 15 is 0 Å². The SMILES string of the molecule is O=C(c1cnn2ccc(-c3c[nH]c4nc(NCC5CCCC(F)(F)C5)ncc34)cc12)N1CCCCC1. The van der Waals surface area contributed by atoms with Crippen LogP contribution in [-0.2, 0) is 0 Å². The number of fused-ring (bicyclic) bond motifs is 2. The number of piperidine rings is 1. The summed E-state index contributed by atoms with van der Waals surface area (Å²) in [5.41, 5.74) is 3.88. The predicted molar refractivity (Wildman–Crippen MR) is 133 cm³/mol. The van der Waals surface area contributed by atoms with Gasteiger partial charge in [-0.3, -0.25) is 4.79 Å². The van der Waals surface area contributed by atoms with Crippen LogP contribution in [-0.4, -0.2) is 60.9 Å². The van der Waals surface area contributed by atoms with Gasteiger partial charge in [0.2, 0.25) is 11.9 Å². The smallest absolute Gasteiger partial charge is 0.257 e. The van der Waals surface area contributed by atoms with Gasteiger partial charge in [0, 0.05) is 62.0 Å². The van der Waals surface area contributed by atoms with Gasteiger partial charge in [-0.2, -0.15) is 10.1 Å². The van der Waals surface area contributed by atoms with E-state index in [-0.39, 0.29) is 24.7 Å². The zero-order valence-corrected chi connectivity index (χ0v) is 20.0. The van der Waals surface area contributed by atoms with Crippen molar-refractivity contribution in [2.24, 2.45) is 5.92 Å². The molecule has 0 spiro atoms. The monoisotopic (exact) mass is 493 g/mol. The normalized spacial score (nSPS) is 20.2. The van der Waals surface area contributed by atoms with E-state index < -0.39 is 5.92 Å². The molecule has 188 valence electrons. The molecule has 1 atom stereocenters. The molecule has 1 amide bonds. The van der Waals surface area contributed by atoms with Crippen molar-refractivity contribution in [2.45, 2.75) is 50.9 Å². The number of H-pyrrole nitrogens is 1. The van der Waals surface area contributed by atoms with Crippen molar-refractivity contribution < 1.29 is 13.6 Å². The summed E-state index contributed by atoms with van der Waals surface area (Å²) < 4.78 is 29.1. The number of likely N-dealkylation sites (tertiary alicyclic amines) is 1. The van der Waals surface area contributed by atoms with Gasteiger partial charge in [0.25, 0.3) is 5.91 Å². The summed E-state index contributed by atoms with van der Waals surface area (Å²) in [4.78, 5) is 27.2. The zero-order valence-electron chi connectivity index (χ0n) is 20.0. The number of halogens is 2. The van der Waals surface area contributed by atoms with Gasteiger partial charge in [-0.25, -0.2) is 18.3 Å². The highest BCUT2D eigenvalue weighted by molar-refractivity contribution is 6.02. The molecule has 2 fully saturated rings. The molecule has 6 rings (SSSR count). The Morgan fingerprint density at radius 2 is 2.06 bits per heavy atom. The zero-order chi connectivity index (χ0) is 24.7. The third-order valence-electron chi connectivity index (χ3n) is 7.43. The van der Waals surface area contributed by atoms with Gasteiger partial charge in [-0.15, -0.1) is 0 Å². The van der Waals surface area contributed by atoms with E-state index in [0.717, 1.165) is 54.4 Å². The minimum atomic E-state index is -2.57. The number of nitrogens with one attached hydrogen (secondary N) is 2. The first kappa shape index (κ1) is 22.9. The number of rotatable bonds is 5. The molecule has 0 bridgehead atoms. The highest BCUT2D eigenvalue weighted by Gasteiger charge is 2.36.